The van der Waals surface area contributed by atoms with Crippen molar-refractivity contribution in [2.24, 2.45) is 5.92 Å². The fourth-order valence-corrected chi connectivity index (χ4v) is 2.57. The summed E-state index contributed by atoms with van der Waals surface area (Å²) in [6.07, 6.45) is 0.640. The van der Waals surface area contributed by atoms with Gasteiger partial charge in [-0.05, 0) is 17.4 Å². The molecule has 0 N–H and O–H groups in total. The van der Waals surface area contributed by atoms with Gasteiger partial charge >= 0.3 is 0 Å². The van der Waals surface area contributed by atoms with Gasteiger partial charge in [0, 0.05) is 11.3 Å². The van der Waals surface area contributed by atoms with E-state index in [4.69, 9.17) is 0 Å². The Morgan fingerprint density at radius 2 is 2.23 bits per heavy atom. The molecule has 1 aromatic rings. The summed E-state index contributed by atoms with van der Waals surface area (Å²) in [7, 11) is 0. The summed E-state index contributed by atoms with van der Waals surface area (Å²) in [4.78, 5) is 12.9. The molecule has 0 aromatic carbocycles. The van der Waals surface area contributed by atoms with E-state index in [1.165, 1.54) is 4.88 Å². The van der Waals surface area contributed by atoms with Gasteiger partial charge in [0.15, 0.2) is 0 Å². The van der Waals surface area contributed by atoms with E-state index in [1.807, 2.05) is 18.4 Å². The number of carbonyl (C=O) groups excluding carboxylic acids is 1. The minimum absolute atomic E-state index is 0.116. The average molecular weight is 196 g/mol. The van der Waals surface area contributed by atoms with Crippen LogP contribution in [0.5, 0.6) is 0 Å². The van der Waals surface area contributed by atoms with Gasteiger partial charge in [-0.3, -0.25) is 4.79 Å². The molecule has 1 aromatic heterocycles. The molecule has 1 unspecified atom stereocenters. The summed E-state index contributed by atoms with van der Waals surface area (Å²) in [6, 6.07) is 4.07. The third kappa shape index (κ3) is 2.41. The van der Waals surface area contributed by atoms with E-state index in [-0.39, 0.29) is 5.92 Å². The highest BCUT2D eigenvalue weighted by Crippen LogP contribution is 2.29. The Hall–Kier alpha value is -0.630. The third-order valence-corrected chi connectivity index (χ3v) is 3.17. The van der Waals surface area contributed by atoms with Crippen molar-refractivity contribution in [2.45, 2.75) is 33.1 Å². The second-order valence-electron chi connectivity index (χ2n) is 3.56. The van der Waals surface area contributed by atoms with Crippen LogP contribution in [0.1, 0.15) is 38.0 Å². The molecule has 0 saturated carbocycles. The number of hydrogen-bond acceptors (Lipinski definition) is 2. The van der Waals surface area contributed by atoms with E-state index in [0.717, 1.165) is 0 Å². The first-order valence-corrected chi connectivity index (χ1v) is 5.60. The van der Waals surface area contributed by atoms with Gasteiger partial charge in [0.1, 0.15) is 5.78 Å². The smallest absolute Gasteiger partial charge is 0.141 e. The Labute approximate surface area is 83.8 Å². The first-order chi connectivity index (χ1) is 6.16. The van der Waals surface area contributed by atoms with Gasteiger partial charge in [-0.2, -0.15) is 0 Å². The van der Waals surface area contributed by atoms with Crippen LogP contribution >= 0.6 is 11.3 Å². The molecule has 0 spiro atoms. The van der Waals surface area contributed by atoms with E-state index in [2.05, 4.69) is 19.9 Å². The number of carbonyl (C=O) groups is 1. The maximum atomic E-state index is 11.7. The summed E-state index contributed by atoms with van der Waals surface area (Å²) in [5, 5.41) is 2.04. The predicted octanol–water partition coefficient (Wildman–Crippen LogP) is 3.47. The van der Waals surface area contributed by atoms with Crippen LogP contribution in [0.25, 0.3) is 0 Å². The van der Waals surface area contributed by atoms with Gasteiger partial charge in [-0.15, -0.1) is 11.3 Å². The number of rotatable bonds is 4. The second kappa shape index (κ2) is 4.56. The Balaban J connectivity index is 2.87. The highest BCUT2D eigenvalue weighted by atomic mass is 32.1. The molecule has 13 heavy (non-hydrogen) atoms. The zero-order valence-electron chi connectivity index (χ0n) is 8.41. The number of ketones is 1. The van der Waals surface area contributed by atoms with Crippen LogP contribution in [0.2, 0.25) is 0 Å². The van der Waals surface area contributed by atoms with E-state index in [1.54, 1.807) is 11.3 Å². The number of Topliss-reactive ketones (excluding diaryl/α,β-unsaturated/α-hetero) is 1. The average Bonchev–Trinajstić information content (AvgIpc) is 2.56. The SMILES string of the molecule is CCC(=O)C(c1cccs1)C(C)C. The minimum Gasteiger partial charge on any atom is -0.299 e. The van der Waals surface area contributed by atoms with Gasteiger partial charge in [0.2, 0.25) is 0 Å². The topological polar surface area (TPSA) is 17.1 Å². The predicted molar refractivity (Wildman–Crippen MR) is 57.2 cm³/mol. The summed E-state index contributed by atoms with van der Waals surface area (Å²) < 4.78 is 0. The number of thiophene rings is 1. The van der Waals surface area contributed by atoms with Crippen LogP contribution in [0.3, 0.4) is 0 Å². The van der Waals surface area contributed by atoms with Crippen molar-refractivity contribution >= 4 is 17.1 Å². The summed E-state index contributed by atoms with van der Waals surface area (Å²) in [5.41, 5.74) is 0. The molecule has 0 saturated heterocycles. The first kappa shape index (κ1) is 10.5. The van der Waals surface area contributed by atoms with Gasteiger partial charge in [0.05, 0.1) is 5.92 Å². The summed E-state index contributed by atoms with van der Waals surface area (Å²) >= 11 is 1.68. The molecule has 72 valence electrons. The molecular formula is C11H16OS. The zero-order valence-corrected chi connectivity index (χ0v) is 9.23. The molecule has 1 rings (SSSR count). The molecule has 1 heterocycles. The summed E-state index contributed by atoms with van der Waals surface area (Å²) in [5.74, 6) is 0.883. The third-order valence-electron chi connectivity index (χ3n) is 2.21. The largest absolute Gasteiger partial charge is 0.299 e. The molecule has 0 amide bonds. The zero-order chi connectivity index (χ0) is 9.84. The standard InChI is InChI=1S/C11H16OS/c1-4-9(12)11(8(2)3)10-6-5-7-13-10/h5-8,11H,4H2,1-3H3. The first-order valence-electron chi connectivity index (χ1n) is 4.73. The van der Waals surface area contributed by atoms with E-state index >= 15 is 0 Å². The quantitative estimate of drug-likeness (QED) is 0.720. The Bertz CT molecular complexity index is 262. The maximum Gasteiger partial charge on any atom is 0.141 e. The van der Waals surface area contributed by atoms with E-state index in [0.29, 0.717) is 18.1 Å². The van der Waals surface area contributed by atoms with Crippen molar-refractivity contribution in [1.29, 1.82) is 0 Å². The molecule has 0 aliphatic heterocycles. The van der Waals surface area contributed by atoms with Crippen molar-refractivity contribution in [3.63, 3.8) is 0 Å². The lowest BCUT2D eigenvalue weighted by molar-refractivity contribution is -0.121. The van der Waals surface area contributed by atoms with Crippen LogP contribution in [-0.2, 0) is 4.79 Å². The van der Waals surface area contributed by atoms with E-state index in [9.17, 15) is 4.79 Å². The monoisotopic (exact) mass is 196 g/mol. The fraction of sp³-hybridized carbons (Fsp3) is 0.545. The normalized spacial score (nSPS) is 13.2. The fourth-order valence-electron chi connectivity index (χ4n) is 1.55. The molecule has 1 atom stereocenters. The summed E-state index contributed by atoms with van der Waals surface area (Å²) in [6.45, 7) is 6.15. The van der Waals surface area contributed by atoms with Crippen molar-refractivity contribution in [1.82, 2.24) is 0 Å². The Morgan fingerprint density at radius 3 is 2.62 bits per heavy atom. The van der Waals surface area contributed by atoms with Crippen LogP contribution in [-0.4, -0.2) is 5.78 Å². The van der Waals surface area contributed by atoms with Gasteiger partial charge in [0.25, 0.3) is 0 Å². The van der Waals surface area contributed by atoms with Gasteiger partial charge in [-0.25, -0.2) is 0 Å². The lowest BCUT2D eigenvalue weighted by Gasteiger charge is -2.17. The molecule has 0 aliphatic rings. The Morgan fingerprint density at radius 1 is 1.54 bits per heavy atom. The molecule has 0 fully saturated rings. The van der Waals surface area contributed by atoms with Crippen LogP contribution < -0.4 is 0 Å². The molecule has 1 nitrogen and oxygen atoms in total. The molecular weight excluding hydrogens is 180 g/mol. The molecule has 0 radical (unpaired) electrons. The van der Waals surface area contributed by atoms with Crippen molar-refractivity contribution in [3.8, 4) is 0 Å². The van der Waals surface area contributed by atoms with Crippen molar-refractivity contribution in [3.05, 3.63) is 22.4 Å². The lowest BCUT2D eigenvalue weighted by atomic mass is 9.89. The van der Waals surface area contributed by atoms with Crippen molar-refractivity contribution in [2.75, 3.05) is 0 Å². The van der Waals surface area contributed by atoms with Crippen LogP contribution in [0.15, 0.2) is 17.5 Å². The Kier molecular flexibility index (Phi) is 3.67. The highest BCUT2D eigenvalue weighted by molar-refractivity contribution is 7.10. The minimum atomic E-state index is 0.116. The molecule has 0 aliphatic carbocycles. The van der Waals surface area contributed by atoms with Crippen molar-refractivity contribution < 1.29 is 4.79 Å². The van der Waals surface area contributed by atoms with Crippen LogP contribution in [0, 0.1) is 5.92 Å². The maximum absolute atomic E-state index is 11.7. The van der Waals surface area contributed by atoms with E-state index < -0.39 is 0 Å². The second-order valence-corrected chi connectivity index (χ2v) is 4.54. The van der Waals surface area contributed by atoms with Gasteiger partial charge < -0.3 is 0 Å². The molecule has 0 bridgehead atoms. The van der Waals surface area contributed by atoms with Crippen LogP contribution in [0.4, 0.5) is 0 Å². The lowest BCUT2D eigenvalue weighted by Crippen LogP contribution is -2.16. The van der Waals surface area contributed by atoms with Gasteiger partial charge in [-0.1, -0.05) is 26.8 Å². The highest BCUT2D eigenvalue weighted by Gasteiger charge is 2.22. The number of hydrogen-bond donors (Lipinski definition) is 0. The molecule has 2 heteroatoms.